The summed E-state index contributed by atoms with van der Waals surface area (Å²) >= 11 is 0. The number of anilines is 1. The van der Waals surface area contributed by atoms with Gasteiger partial charge in [-0.25, -0.2) is 9.97 Å². The Labute approximate surface area is 104 Å². The van der Waals surface area contributed by atoms with Gasteiger partial charge in [0.2, 0.25) is 0 Å². The van der Waals surface area contributed by atoms with Crippen molar-refractivity contribution in [3.63, 3.8) is 0 Å². The highest BCUT2D eigenvalue weighted by atomic mass is 15.0. The van der Waals surface area contributed by atoms with Gasteiger partial charge in [0, 0.05) is 18.3 Å². The van der Waals surface area contributed by atoms with Crippen LogP contribution in [0, 0.1) is 5.41 Å². The molecule has 0 unspecified atom stereocenters. The zero-order chi connectivity index (χ0) is 12.3. The molecule has 1 saturated carbocycles. The predicted molar refractivity (Wildman–Crippen MR) is 71.2 cm³/mol. The van der Waals surface area contributed by atoms with Gasteiger partial charge in [0.05, 0.1) is 0 Å². The van der Waals surface area contributed by atoms with Gasteiger partial charge in [-0.15, -0.1) is 0 Å². The Morgan fingerprint density at radius 3 is 2.65 bits per heavy atom. The number of rotatable bonds is 4. The molecular weight excluding hydrogens is 210 g/mol. The van der Waals surface area contributed by atoms with Gasteiger partial charge in [-0.3, -0.25) is 0 Å². The van der Waals surface area contributed by atoms with E-state index in [4.69, 9.17) is 0 Å². The van der Waals surface area contributed by atoms with Crippen LogP contribution in [0.2, 0.25) is 0 Å². The predicted octanol–water partition coefficient (Wildman–Crippen LogP) is 3.59. The minimum Gasteiger partial charge on any atom is -0.369 e. The molecule has 17 heavy (non-hydrogen) atoms. The summed E-state index contributed by atoms with van der Waals surface area (Å²) in [6.07, 6.45) is 7.08. The van der Waals surface area contributed by atoms with Crippen molar-refractivity contribution < 1.29 is 0 Å². The van der Waals surface area contributed by atoms with Crippen molar-refractivity contribution >= 4 is 5.82 Å². The lowest BCUT2D eigenvalue weighted by molar-refractivity contribution is 0.361. The minimum absolute atomic E-state index is 0.459. The van der Waals surface area contributed by atoms with Crippen molar-refractivity contribution in [3.05, 3.63) is 18.1 Å². The van der Waals surface area contributed by atoms with E-state index >= 15 is 0 Å². The second-order valence-corrected chi connectivity index (χ2v) is 5.85. The van der Waals surface area contributed by atoms with E-state index in [0.29, 0.717) is 11.3 Å². The fraction of sp³-hybridized carbons (Fsp3) is 0.714. The number of nitrogens with zero attached hydrogens (tertiary/aromatic N) is 2. The molecule has 3 heteroatoms. The van der Waals surface area contributed by atoms with Crippen LogP contribution in [0.5, 0.6) is 0 Å². The standard InChI is InChI=1S/C14H23N3/c1-11(2)12-8-13(17-10-16-12)15-9-14(3)6-4-5-7-14/h8,10-11H,4-7,9H2,1-3H3,(H,15,16,17). The van der Waals surface area contributed by atoms with Gasteiger partial charge in [-0.05, 0) is 24.2 Å². The van der Waals surface area contributed by atoms with Crippen molar-refractivity contribution in [2.24, 2.45) is 5.41 Å². The van der Waals surface area contributed by atoms with Gasteiger partial charge < -0.3 is 5.32 Å². The SMILES string of the molecule is CC(C)c1cc(NCC2(C)CCCC2)ncn1. The average molecular weight is 233 g/mol. The highest BCUT2D eigenvalue weighted by Gasteiger charge is 2.28. The first-order valence-corrected chi connectivity index (χ1v) is 6.65. The molecule has 0 radical (unpaired) electrons. The second-order valence-electron chi connectivity index (χ2n) is 5.85. The van der Waals surface area contributed by atoms with E-state index in [-0.39, 0.29) is 0 Å². The molecule has 1 heterocycles. The summed E-state index contributed by atoms with van der Waals surface area (Å²) in [6, 6.07) is 2.07. The van der Waals surface area contributed by atoms with Gasteiger partial charge in [-0.2, -0.15) is 0 Å². The molecule has 94 valence electrons. The molecule has 0 aromatic carbocycles. The van der Waals surface area contributed by atoms with Gasteiger partial charge in [0.25, 0.3) is 0 Å². The van der Waals surface area contributed by atoms with Crippen LogP contribution in [0.15, 0.2) is 12.4 Å². The molecule has 2 rings (SSSR count). The molecule has 0 bridgehead atoms. The minimum atomic E-state index is 0.459. The molecule has 1 aliphatic carbocycles. The van der Waals surface area contributed by atoms with Gasteiger partial charge in [-0.1, -0.05) is 33.6 Å². The third kappa shape index (κ3) is 3.18. The van der Waals surface area contributed by atoms with E-state index in [0.717, 1.165) is 18.1 Å². The Morgan fingerprint density at radius 1 is 1.29 bits per heavy atom. The third-order valence-electron chi connectivity index (χ3n) is 3.79. The molecular formula is C14H23N3. The van der Waals surface area contributed by atoms with Crippen molar-refractivity contribution in [1.29, 1.82) is 0 Å². The molecule has 1 N–H and O–H groups in total. The van der Waals surface area contributed by atoms with Crippen LogP contribution in [0.1, 0.15) is 58.1 Å². The molecule has 1 aromatic heterocycles. The van der Waals surface area contributed by atoms with Crippen molar-refractivity contribution in [1.82, 2.24) is 9.97 Å². The second kappa shape index (κ2) is 5.03. The first-order valence-electron chi connectivity index (χ1n) is 6.65. The van der Waals surface area contributed by atoms with Crippen LogP contribution in [0.25, 0.3) is 0 Å². The molecule has 0 aliphatic heterocycles. The van der Waals surface area contributed by atoms with Crippen LogP contribution in [0.4, 0.5) is 5.82 Å². The molecule has 1 aromatic rings. The number of nitrogens with one attached hydrogen (secondary N) is 1. The number of aromatic nitrogens is 2. The number of hydrogen-bond acceptors (Lipinski definition) is 3. The molecule has 0 atom stereocenters. The van der Waals surface area contributed by atoms with Crippen LogP contribution in [-0.4, -0.2) is 16.5 Å². The Bertz CT molecular complexity index is 367. The highest BCUT2D eigenvalue weighted by Crippen LogP contribution is 2.37. The normalized spacial score (nSPS) is 18.6. The summed E-state index contributed by atoms with van der Waals surface area (Å²) < 4.78 is 0. The van der Waals surface area contributed by atoms with Gasteiger partial charge in [0.15, 0.2) is 0 Å². The van der Waals surface area contributed by atoms with E-state index in [1.165, 1.54) is 25.7 Å². The highest BCUT2D eigenvalue weighted by molar-refractivity contribution is 5.35. The largest absolute Gasteiger partial charge is 0.369 e. The maximum atomic E-state index is 4.29. The Balaban J connectivity index is 1.96. The van der Waals surface area contributed by atoms with E-state index in [2.05, 4.69) is 42.1 Å². The first-order chi connectivity index (χ1) is 8.09. The molecule has 0 spiro atoms. The van der Waals surface area contributed by atoms with Crippen molar-refractivity contribution in [3.8, 4) is 0 Å². The lowest BCUT2D eigenvalue weighted by Crippen LogP contribution is -2.23. The van der Waals surface area contributed by atoms with E-state index in [1.54, 1.807) is 6.33 Å². The summed E-state index contributed by atoms with van der Waals surface area (Å²) in [5.41, 5.74) is 1.57. The monoisotopic (exact) mass is 233 g/mol. The Hall–Kier alpha value is -1.12. The summed E-state index contributed by atoms with van der Waals surface area (Å²) in [5, 5.41) is 3.47. The Morgan fingerprint density at radius 2 is 2.00 bits per heavy atom. The topological polar surface area (TPSA) is 37.8 Å². The molecule has 0 amide bonds. The van der Waals surface area contributed by atoms with E-state index in [9.17, 15) is 0 Å². The average Bonchev–Trinajstić information content (AvgIpc) is 2.75. The van der Waals surface area contributed by atoms with Crippen molar-refractivity contribution in [2.75, 3.05) is 11.9 Å². The zero-order valence-corrected chi connectivity index (χ0v) is 11.2. The van der Waals surface area contributed by atoms with Crippen molar-refractivity contribution in [2.45, 2.75) is 52.4 Å². The fourth-order valence-corrected chi connectivity index (χ4v) is 2.49. The third-order valence-corrected chi connectivity index (χ3v) is 3.79. The van der Waals surface area contributed by atoms with Crippen LogP contribution < -0.4 is 5.32 Å². The lowest BCUT2D eigenvalue weighted by Gasteiger charge is -2.24. The van der Waals surface area contributed by atoms with Gasteiger partial charge >= 0.3 is 0 Å². The summed E-state index contributed by atoms with van der Waals surface area (Å²) in [7, 11) is 0. The first kappa shape index (κ1) is 12.3. The van der Waals surface area contributed by atoms with Gasteiger partial charge in [0.1, 0.15) is 12.1 Å². The molecule has 1 aliphatic rings. The quantitative estimate of drug-likeness (QED) is 0.863. The molecule has 1 fully saturated rings. The summed E-state index contributed by atoms with van der Waals surface area (Å²) in [6.45, 7) is 7.72. The smallest absolute Gasteiger partial charge is 0.129 e. The summed E-state index contributed by atoms with van der Waals surface area (Å²) in [4.78, 5) is 8.58. The maximum absolute atomic E-state index is 4.29. The maximum Gasteiger partial charge on any atom is 0.129 e. The molecule has 3 nitrogen and oxygen atoms in total. The lowest BCUT2D eigenvalue weighted by atomic mass is 9.89. The van der Waals surface area contributed by atoms with E-state index < -0.39 is 0 Å². The van der Waals surface area contributed by atoms with Crippen LogP contribution in [0.3, 0.4) is 0 Å². The number of hydrogen-bond donors (Lipinski definition) is 1. The zero-order valence-electron chi connectivity index (χ0n) is 11.2. The Kier molecular flexibility index (Phi) is 3.65. The van der Waals surface area contributed by atoms with Crippen LogP contribution in [-0.2, 0) is 0 Å². The summed E-state index contributed by atoms with van der Waals surface area (Å²) in [5.74, 6) is 1.43. The molecule has 0 saturated heterocycles. The fourth-order valence-electron chi connectivity index (χ4n) is 2.49. The van der Waals surface area contributed by atoms with Crippen LogP contribution >= 0.6 is 0 Å². The van der Waals surface area contributed by atoms with E-state index in [1.807, 2.05) is 0 Å².